The molecule has 0 heterocycles. The second-order valence-electron chi connectivity index (χ2n) is 4.21. The van der Waals surface area contributed by atoms with Crippen LogP contribution in [-0.2, 0) is 6.54 Å². The van der Waals surface area contributed by atoms with Gasteiger partial charge in [0.1, 0.15) is 0 Å². The first kappa shape index (κ1) is 11.1. The molecule has 0 radical (unpaired) electrons. The van der Waals surface area contributed by atoms with E-state index >= 15 is 0 Å². The van der Waals surface area contributed by atoms with Crippen LogP contribution in [0, 0.1) is 0 Å². The van der Waals surface area contributed by atoms with E-state index in [1.807, 2.05) is 24.3 Å². The van der Waals surface area contributed by atoms with E-state index in [1.54, 1.807) is 0 Å². The van der Waals surface area contributed by atoms with Gasteiger partial charge in [0, 0.05) is 12.1 Å². The van der Waals surface area contributed by atoms with Gasteiger partial charge in [-0.2, -0.15) is 0 Å². The summed E-state index contributed by atoms with van der Waals surface area (Å²) in [6.07, 6.45) is 6.41. The molecule has 0 bridgehead atoms. The summed E-state index contributed by atoms with van der Waals surface area (Å²) >= 11 is 0. The summed E-state index contributed by atoms with van der Waals surface area (Å²) in [6, 6.07) is 7.60. The maximum atomic E-state index is 12.1. The van der Waals surface area contributed by atoms with Gasteiger partial charge in [0.25, 0.3) is 0 Å². The number of nitrogens with two attached hydrogens (primary N) is 1. The molecular formula is C14H17NO. The van der Waals surface area contributed by atoms with Crippen molar-refractivity contribution >= 4 is 5.78 Å². The van der Waals surface area contributed by atoms with Gasteiger partial charge >= 0.3 is 0 Å². The van der Waals surface area contributed by atoms with Gasteiger partial charge in [-0.05, 0) is 36.8 Å². The Morgan fingerprint density at radius 2 is 1.94 bits per heavy atom. The van der Waals surface area contributed by atoms with Crippen molar-refractivity contribution in [3.8, 4) is 0 Å². The number of allylic oxidation sites excluding steroid dienone is 2. The molecule has 2 nitrogen and oxygen atoms in total. The van der Waals surface area contributed by atoms with E-state index in [9.17, 15) is 4.79 Å². The number of ketones is 1. The monoisotopic (exact) mass is 215 g/mol. The maximum absolute atomic E-state index is 12.1. The lowest BCUT2D eigenvalue weighted by molar-refractivity contribution is 0.102. The third-order valence-corrected chi connectivity index (χ3v) is 3.03. The average molecular weight is 215 g/mol. The van der Waals surface area contributed by atoms with Crippen LogP contribution in [0.4, 0.5) is 0 Å². The number of carbonyl (C=O) groups is 1. The van der Waals surface area contributed by atoms with E-state index in [-0.39, 0.29) is 5.78 Å². The van der Waals surface area contributed by atoms with Gasteiger partial charge < -0.3 is 5.73 Å². The van der Waals surface area contributed by atoms with Crippen LogP contribution in [-0.4, -0.2) is 5.78 Å². The van der Waals surface area contributed by atoms with Crippen molar-refractivity contribution in [1.82, 2.24) is 0 Å². The molecule has 0 unspecified atom stereocenters. The van der Waals surface area contributed by atoms with Gasteiger partial charge in [-0.3, -0.25) is 4.79 Å². The highest BCUT2D eigenvalue weighted by atomic mass is 16.1. The highest BCUT2D eigenvalue weighted by Crippen LogP contribution is 2.21. The zero-order valence-electron chi connectivity index (χ0n) is 9.41. The Morgan fingerprint density at radius 3 is 2.50 bits per heavy atom. The molecule has 0 spiro atoms. The zero-order chi connectivity index (χ0) is 11.4. The van der Waals surface area contributed by atoms with Crippen LogP contribution in [0.5, 0.6) is 0 Å². The first-order chi connectivity index (χ1) is 7.81. The largest absolute Gasteiger partial charge is 0.326 e. The maximum Gasteiger partial charge on any atom is 0.188 e. The first-order valence-corrected chi connectivity index (χ1v) is 5.84. The van der Waals surface area contributed by atoms with Crippen molar-refractivity contribution < 1.29 is 4.79 Å². The van der Waals surface area contributed by atoms with Crippen LogP contribution < -0.4 is 5.73 Å². The fraction of sp³-hybridized carbons (Fsp3) is 0.357. The zero-order valence-corrected chi connectivity index (χ0v) is 9.41. The Labute approximate surface area is 96.2 Å². The Hall–Kier alpha value is -1.41. The third-order valence-electron chi connectivity index (χ3n) is 3.03. The third kappa shape index (κ3) is 2.39. The average Bonchev–Trinajstić information content (AvgIpc) is 2.39. The lowest BCUT2D eigenvalue weighted by Gasteiger charge is -2.11. The minimum Gasteiger partial charge on any atom is -0.326 e. The number of hydrogen-bond acceptors (Lipinski definition) is 2. The summed E-state index contributed by atoms with van der Waals surface area (Å²) in [4.78, 5) is 12.1. The van der Waals surface area contributed by atoms with E-state index in [2.05, 4.69) is 6.08 Å². The molecule has 2 heteroatoms. The second kappa shape index (κ2) is 5.08. The molecular weight excluding hydrogens is 198 g/mol. The van der Waals surface area contributed by atoms with Crippen LogP contribution in [0.25, 0.3) is 0 Å². The van der Waals surface area contributed by atoms with Crippen molar-refractivity contribution in [2.24, 2.45) is 5.73 Å². The normalized spacial score (nSPS) is 15.7. The molecule has 0 amide bonds. The van der Waals surface area contributed by atoms with Crippen LogP contribution in [0.2, 0.25) is 0 Å². The van der Waals surface area contributed by atoms with Gasteiger partial charge in [-0.1, -0.05) is 30.3 Å². The molecule has 2 N–H and O–H groups in total. The molecule has 2 rings (SSSR count). The summed E-state index contributed by atoms with van der Waals surface area (Å²) in [7, 11) is 0. The van der Waals surface area contributed by atoms with Crippen molar-refractivity contribution in [1.29, 1.82) is 0 Å². The molecule has 1 aromatic carbocycles. The summed E-state index contributed by atoms with van der Waals surface area (Å²) in [5, 5.41) is 0. The van der Waals surface area contributed by atoms with Gasteiger partial charge in [0.05, 0.1) is 0 Å². The number of hydrogen-bond donors (Lipinski definition) is 1. The molecule has 1 aliphatic rings. The minimum atomic E-state index is 0.184. The Balaban J connectivity index is 2.16. The van der Waals surface area contributed by atoms with E-state index in [4.69, 9.17) is 5.73 Å². The predicted octanol–water partition coefficient (Wildman–Crippen LogP) is 2.83. The molecule has 0 atom stereocenters. The quantitative estimate of drug-likeness (QED) is 0.788. The van der Waals surface area contributed by atoms with Crippen molar-refractivity contribution in [2.45, 2.75) is 32.2 Å². The molecule has 0 aromatic heterocycles. The summed E-state index contributed by atoms with van der Waals surface area (Å²) in [6.45, 7) is 0.525. The van der Waals surface area contributed by atoms with Crippen molar-refractivity contribution in [3.63, 3.8) is 0 Å². The highest BCUT2D eigenvalue weighted by Gasteiger charge is 2.13. The predicted molar refractivity (Wildman–Crippen MR) is 65.2 cm³/mol. The fourth-order valence-electron chi connectivity index (χ4n) is 2.02. The summed E-state index contributed by atoms with van der Waals surface area (Å²) in [5.74, 6) is 0.184. The van der Waals surface area contributed by atoms with Gasteiger partial charge in [-0.15, -0.1) is 0 Å². The topological polar surface area (TPSA) is 43.1 Å². The molecule has 16 heavy (non-hydrogen) atoms. The van der Waals surface area contributed by atoms with E-state index in [1.165, 1.54) is 6.42 Å². The molecule has 84 valence electrons. The summed E-state index contributed by atoms with van der Waals surface area (Å²) in [5.41, 5.74) is 8.35. The standard InChI is InChI=1S/C14H17NO/c15-10-11-6-8-13(9-7-11)14(16)12-4-2-1-3-5-12/h4,6-9H,1-3,5,10,15H2. The van der Waals surface area contributed by atoms with Gasteiger partial charge in [0.15, 0.2) is 5.78 Å². The number of benzene rings is 1. The second-order valence-corrected chi connectivity index (χ2v) is 4.21. The van der Waals surface area contributed by atoms with Gasteiger partial charge in [0.2, 0.25) is 0 Å². The number of carbonyl (C=O) groups excluding carboxylic acids is 1. The van der Waals surface area contributed by atoms with Crippen LogP contribution in [0.3, 0.4) is 0 Å². The fourth-order valence-corrected chi connectivity index (χ4v) is 2.02. The molecule has 1 aliphatic carbocycles. The smallest absolute Gasteiger partial charge is 0.188 e. The van der Waals surface area contributed by atoms with Crippen molar-refractivity contribution in [3.05, 3.63) is 47.0 Å². The Bertz CT molecular complexity index is 403. The molecule has 0 saturated heterocycles. The molecule has 0 fully saturated rings. The highest BCUT2D eigenvalue weighted by molar-refractivity contribution is 6.08. The number of Topliss-reactive ketones (excluding diaryl/α,β-unsaturated/α-hetero) is 1. The van der Waals surface area contributed by atoms with E-state index in [0.717, 1.165) is 36.0 Å². The van der Waals surface area contributed by atoms with Crippen LogP contribution in [0.1, 0.15) is 41.6 Å². The Kier molecular flexibility index (Phi) is 3.52. The molecule has 1 aromatic rings. The van der Waals surface area contributed by atoms with Crippen LogP contribution >= 0.6 is 0 Å². The molecule has 0 aliphatic heterocycles. The Morgan fingerprint density at radius 1 is 1.19 bits per heavy atom. The van der Waals surface area contributed by atoms with E-state index in [0.29, 0.717) is 6.54 Å². The SMILES string of the molecule is NCc1ccc(C(=O)C2=CCCCC2)cc1. The minimum absolute atomic E-state index is 0.184. The number of rotatable bonds is 3. The first-order valence-electron chi connectivity index (χ1n) is 5.84. The summed E-state index contributed by atoms with van der Waals surface area (Å²) < 4.78 is 0. The molecule has 0 saturated carbocycles. The lowest BCUT2D eigenvalue weighted by atomic mass is 9.93. The van der Waals surface area contributed by atoms with Gasteiger partial charge in [-0.25, -0.2) is 0 Å². The lowest BCUT2D eigenvalue weighted by Crippen LogP contribution is -2.06. The van der Waals surface area contributed by atoms with Crippen molar-refractivity contribution in [2.75, 3.05) is 0 Å². The van der Waals surface area contributed by atoms with Crippen LogP contribution in [0.15, 0.2) is 35.9 Å². The van der Waals surface area contributed by atoms with E-state index < -0.39 is 0 Å².